The lowest BCUT2D eigenvalue weighted by molar-refractivity contribution is 0.482. The standard InChI is InChI=1S/C22H23FN6O5S2/c1-22(2,3)20-19(26-25-17-10-9-15(11-16(17)23)36(32,33)34)21-24-18(12-29(21)27-20)13-5-7-14(8-6-13)28-35(4,30)31/h5-12,27-28H,1-4H3,(H,32,33,34). The Bertz CT molecular complexity index is 1700. The highest BCUT2D eigenvalue weighted by Gasteiger charge is 2.25. The van der Waals surface area contributed by atoms with E-state index in [1.807, 2.05) is 20.8 Å². The van der Waals surface area contributed by atoms with Crippen LogP contribution < -0.4 is 4.72 Å². The van der Waals surface area contributed by atoms with Gasteiger partial charge in [-0.25, -0.2) is 22.3 Å². The van der Waals surface area contributed by atoms with Crippen LogP contribution >= 0.6 is 0 Å². The minimum atomic E-state index is -4.55. The maximum atomic E-state index is 14.4. The summed E-state index contributed by atoms with van der Waals surface area (Å²) in [5, 5.41) is 11.4. The van der Waals surface area contributed by atoms with Gasteiger partial charge in [-0.05, 0) is 30.3 Å². The Balaban J connectivity index is 1.74. The minimum absolute atomic E-state index is 0.220. The van der Waals surface area contributed by atoms with Crippen molar-refractivity contribution in [2.75, 3.05) is 11.0 Å². The van der Waals surface area contributed by atoms with Gasteiger partial charge in [0.15, 0.2) is 17.2 Å². The van der Waals surface area contributed by atoms with Crippen molar-refractivity contribution in [2.45, 2.75) is 31.1 Å². The molecule has 2 aromatic heterocycles. The van der Waals surface area contributed by atoms with E-state index < -0.39 is 36.3 Å². The molecule has 0 fully saturated rings. The molecule has 0 atom stereocenters. The van der Waals surface area contributed by atoms with Crippen molar-refractivity contribution in [2.24, 2.45) is 10.2 Å². The van der Waals surface area contributed by atoms with Crippen LogP contribution in [0.4, 0.5) is 21.5 Å². The highest BCUT2D eigenvalue weighted by molar-refractivity contribution is 7.92. The van der Waals surface area contributed by atoms with Crippen LogP contribution in [0.2, 0.25) is 0 Å². The molecule has 11 nitrogen and oxygen atoms in total. The maximum Gasteiger partial charge on any atom is 0.294 e. The molecule has 0 aliphatic rings. The molecule has 190 valence electrons. The molecule has 3 N–H and O–H groups in total. The van der Waals surface area contributed by atoms with Gasteiger partial charge in [0.25, 0.3) is 10.1 Å². The van der Waals surface area contributed by atoms with E-state index in [4.69, 9.17) is 4.55 Å². The number of imidazole rings is 1. The summed E-state index contributed by atoms with van der Waals surface area (Å²) in [6, 6.07) is 9.46. The smallest absolute Gasteiger partial charge is 0.294 e. The van der Waals surface area contributed by atoms with Gasteiger partial charge >= 0.3 is 0 Å². The fraction of sp³-hybridized carbons (Fsp3) is 0.227. The molecule has 2 aromatic carbocycles. The summed E-state index contributed by atoms with van der Waals surface area (Å²) in [5.74, 6) is -0.968. The molecular formula is C22H23FN6O5S2. The van der Waals surface area contributed by atoms with E-state index in [-0.39, 0.29) is 5.69 Å². The number of H-pyrrole nitrogens is 1. The van der Waals surface area contributed by atoms with E-state index in [9.17, 15) is 21.2 Å². The topological polar surface area (TPSA) is 158 Å². The third-order valence-electron chi connectivity index (χ3n) is 5.10. The molecule has 2 heterocycles. The number of hydrogen-bond acceptors (Lipinski definition) is 7. The summed E-state index contributed by atoms with van der Waals surface area (Å²) < 4.78 is 72.9. The van der Waals surface area contributed by atoms with Crippen molar-refractivity contribution < 1.29 is 25.8 Å². The molecule has 0 aliphatic heterocycles. The number of halogens is 1. The Kier molecular flexibility index (Phi) is 6.22. The molecule has 0 radical (unpaired) electrons. The highest BCUT2D eigenvalue weighted by Crippen LogP contribution is 2.36. The number of anilines is 1. The summed E-state index contributed by atoms with van der Waals surface area (Å²) in [5.41, 5.74) is 2.56. The Labute approximate surface area is 206 Å². The van der Waals surface area contributed by atoms with E-state index in [0.29, 0.717) is 34.5 Å². The Morgan fingerprint density at radius 2 is 1.72 bits per heavy atom. The van der Waals surface area contributed by atoms with Gasteiger partial charge < -0.3 is 0 Å². The molecule has 0 unspecified atom stereocenters. The lowest BCUT2D eigenvalue weighted by atomic mass is 9.91. The second kappa shape index (κ2) is 8.80. The molecule has 14 heteroatoms. The molecule has 36 heavy (non-hydrogen) atoms. The number of nitrogens with one attached hydrogen (secondary N) is 2. The summed E-state index contributed by atoms with van der Waals surface area (Å²) in [6.45, 7) is 5.85. The van der Waals surface area contributed by atoms with E-state index in [2.05, 4.69) is 25.0 Å². The van der Waals surface area contributed by atoms with E-state index >= 15 is 0 Å². The normalized spacial score (nSPS) is 13.1. The van der Waals surface area contributed by atoms with Gasteiger partial charge in [0.05, 0.1) is 28.7 Å². The number of aromatic nitrogens is 3. The number of rotatable bonds is 6. The van der Waals surface area contributed by atoms with Gasteiger partial charge in [-0.15, -0.1) is 10.2 Å². The third kappa shape index (κ3) is 5.45. The van der Waals surface area contributed by atoms with Crippen molar-refractivity contribution >= 4 is 42.9 Å². The average molecular weight is 535 g/mol. The first kappa shape index (κ1) is 25.5. The van der Waals surface area contributed by atoms with Crippen LogP contribution in [0, 0.1) is 5.82 Å². The van der Waals surface area contributed by atoms with Gasteiger partial charge in [0.1, 0.15) is 5.69 Å². The lowest BCUT2D eigenvalue weighted by Crippen LogP contribution is -2.12. The Morgan fingerprint density at radius 3 is 2.28 bits per heavy atom. The number of aromatic amines is 1. The zero-order valence-electron chi connectivity index (χ0n) is 19.7. The van der Waals surface area contributed by atoms with Gasteiger partial charge in [-0.2, -0.15) is 8.42 Å². The molecule has 4 aromatic rings. The van der Waals surface area contributed by atoms with Crippen LogP contribution in [0.5, 0.6) is 0 Å². The summed E-state index contributed by atoms with van der Waals surface area (Å²) in [4.78, 5) is 4.05. The van der Waals surface area contributed by atoms with Gasteiger partial charge in [-0.1, -0.05) is 32.9 Å². The average Bonchev–Trinajstić information content (AvgIpc) is 3.30. The lowest BCUT2D eigenvalue weighted by Gasteiger charge is -2.16. The van der Waals surface area contributed by atoms with Crippen molar-refractivity contribution in [3.63, 3.8) is 0 Å². The SMILES string of the molecule is CC(C)(C)c1[nH]n2cc(-c3ccc(NS(C)(=O)=O)cc3)nc2c1N=Nc1ccc(S(=O)(=O)O)cc1F. The first-order chi connectivity index (χ1) is 16.6. The molecule has 0 saturated carbocycles. The predicted octanol–water partition coefficient (Wildman–Crippen LogP) is 4.80. The number of hydrogen-bond donors (Lipinski definition) is 3. The van der Waals surface area contributed by atoms with Crippen molar-refractivity contribution in [1.29, 1.82) is 0 Å². The van der Waals surface area contributed by atoms with E-state index in [1.165, 1.54) is 0 Å². The predicted molar refractivity (Wildman–Crippen MR) is 133 cm³/mol. The van der Waals surface area contributed by atoms with Crippen molar-refractivity contribution in [1.82, 2.24) is 14.6 Å². The van der Waals surface area contributed by atoms with Crippen LogP contribution in [0.3, 0.4) is 0 Å². The number of fused-ring (bicyclic) bond motifs is 1. The molecule has 0 amide bonds. The fourth-order valence-electron chi connectivity index (χ4n) is 3.43. The molecule has 0 saturated heterocycles. The van der Waals surface area contributed by atoms with E-state index in [0.717, 1.165) is 24.0 Å². The Hall–Kier alpha value is -3.62. The largest absolute Gasteiger partial charge is 0.294 e. The van der Waals surface area contributed by atoms with E-state index in [1.54, 1.807) is 35.0 Å². The van der Waals surface area contributed by atoms with Gasteiger partial charge in [0, 0.05) is 16.7 Å². The van der Waals surface area contributed by atoms with Crippen molar-refractivity contribution in [3.05, 3.63) is 60.2 Å². The van der Waals surface area contributed by atoms with Crippen molar-refractivity contribution in [3.8, 4) is 11.3 Å². The van der Waals surface area contributed by atoms with Gasteiger partial charge in [-0.3, -0.25) is 14.4 Å². The van der Waals surface area contributed by atoms with Gasteiger partial charge in [0.2, 0.25) is 10.0 Å². The second-order valence-electron chi connectivity index (χ2n) is 9.15. The van der Waals surface area contributed by atoms with Crippen LogP contribution in [-0.2, 0) is 25.6 Å². The quantitative estimate of drug-likeness (QED) is 0.238. The Morgan fingerprint density at radius 1 is 1.06 bits per heavy atom. The number of nitrogens with zero attached hydrogens (tertiary/aromatic N) is 4. The van der Waals surface area contributed by atoms with Crippen LogP contribution in [-0.4, -0.2) is 42.2 Å². The molecule has 0 spiro atoms. The minimum Gasteiger partial charge on any atom is -0.294 e. The first-order valence-electron chi connectivity index (χ1n) is 10.5. The summed E-state index contributed by atoms with van der Waals surface area (Å²) in [7, 11) is -7.95. The fourth-order valence-corrected chi connectivity index (χ4v) is 4.49. The second-order valence-corrected chi connectivity index (χ2v) is 12.3. The zero-order chi connectivity index (χ0) is 26.5. The maximum absolute atomic E-state index is 14.4. The summed E-state index contributed by atoms with van der Waals surface area (Å²) in [6.07, 6.45) is 2.81. The molecule has 0 bridgehead atoms. The number of azo groups is 1. The highest BCUT2D eigenvalue weighted by atomic mass is 32.2. The zero-order valence-corrected chi connectivity index (χ0v) is 21.3. The third-order valence-corrected chi connectivity index (χ3v) is 6.55. The molecule has 0 aliphatic carbocycles. The first-order valence-corrected chi connectivity index (χ1v) is 13.8. The summed E-state index contributed by atoms with van der Waals surface area (Å²) >= 11 is 0. The monoisotopic (exact) mass is 534 g/mol. The molecule has 4 rings (SSSR count). The number of sulfonamides is 1. The van der Waals surface area contributed by atoms with Crippen LogP contribution in [0.25, 0.3) is 16.9 Å². The number of benzene rings is 2. The van der Waals surface area contributed by atoms with Crippen LogP contribution in [0.1, 0.15) is 26.5 Å². The molecular weight excluding hydrogens is 511 g/mol. The van der Waals surface area contributed by atoms with Crippen LogP contribution in [0.15, 0.2) is 63.8 Å².